The van der Waals surface area contributed by atoms with Crippen LogP contribution in [0.25, 0.3) is 0 Å². The standard InChI is InChI=1S/C14H27NO2/c1-3-12-5-7-14(8-6-12)13(11-16-4-2)15-9-10-17-14/h12-13,15H,3-11H2,1-2H3. The van der Waals surface area contributed by atoms with Gasteiger partial charge in [-0.25, -0.2) is 0 Å². The van der Waals surface area contributed by atoms with E-state index in [1.807, 2.05) is 0 Å². The third-order valence-electron chi connectivity index (χ3n) is 4.53. The topological polar surface area (TPSA) is 30.5 Å². The molecule has 1 saturated heterocycles. The van der Waals surface area contributed by atoms with Crippen molar-refractivity contribution in [3.63, 3.8) is 0 Å². The molecule has 1 N–H and O–H groups in total. The predicted molar refractivity (Wildman–Crippen MR) is 69.2 cm³/mol. The molecule has 0 bridgehead atoms. The third kappa shape index (κ3) is 3.01. The van der Waals surface area contributed by atoms with Crippen LogP contribution in [0.15, 0.2) is 0 Å². The van der Waals surface area contributed by atoms with Crippen molar-refractivity contribution in [1.82, 2.24) is 5.32 Å². The van der Waals surface area contributed by atoms with Gasteiger partial charge in [-0.05, 0) is 38.5 Å². The summed E-state index contributed by atoms with van der Waals surface area (Å²) in [6.07, 6.45) is 6.37. The van der Waals surface area contributed by atoms with Crippen LogP contribution >= 0.6 is 0 Å². The van der Waals surface area contributed by atoms with Crippen LogP contribution in [-0.4, -0.2) is 38.0 Å². The lowest BCUT2D eigenvalue weighted by Gasteiger charge is -2.48. The fourth-order valence-electron chi connectivity index (χ4n) is 3.29. The van der Waals surface area contributed by atoms with Gasteiger partial charge in [-0.15, -0.1) is 0 Å². The van der Waals surface area contributed by atoms with Crippen LogP contribution in [0.3, 0.4) is 0 Å². The smallest absolute Gasteiger partial charge is 0.0858 e. The lowest BCUT2D eigenvalue weighted by molar-refractivity contribution is -0.137. The highest BCUT2D eigenvalue weighted by Crippen LogP contribution is 2.39. The highest BCUT2D eigenvalue weighted by molar-refractivity contribution is 4.99. The van der Waals surface area contributed by atoms with Gasteiger partial charge < -0.3 is 14.8 Å². The van der Waals surface area contributed by atoms with Crippen molar-refractivity contribution in [2.45, 2.75) is 57.6 Å². The molecule has 2 rings (SSSR count). The van der Waals surface area contributed by atoms with E-state index in [-0.39, 0.29) is 5.60 Å². The lowest BCUT2D eigenvalue weighted by Crippen LogP contribution is -2.61. The zero-order valence-electron chi connectivity index (χ0n) is 11.3. The Morgan fingerprint density at radius 3 is 2.71 bits per heavy atom. The van der Waals surface area contributed by atoms with Crippen LogP contribution in [0, 0.1) is 5.92 Å². The summed E-state index contributed by atoms with van der Waals surface area (Å²) in [6.45, 7) is 7.79. The third-order valence-corrected chi connectivity index (χ3v) is 4.53. The fourth-order valence-corrected chi connectivity index (χ4v) is 3.29. The van der Waals surface area contributed by atoms with E-state index >= 15 is 0 Å². The number of hydrogen-bond acceptors (Lipinski definition) is 3. The Kier molecular flexibility index (Phi) is 4.83. The largest absolute Gasteiger partial charge is 0.380 e. The van der Waals surface area contributed by atoms with Crippen LogP contribution in [0.5, 0.6) is 0 Å². The van der Waals surface area contributed by atoms with Gasteiger partial charge in [0.05, 0.1) is 24.9 Å². The van der Waals surface area contributed by atoms with Gasteiger partial charge in [-0.3, -0.25) is 0 Å². The molecule has 0 aromatic heterocycles. The molecule has 1 saturated carbocycles. The van der Waals surface area contributed by atoms with Crippen LogP contribution in [0.2, 0.25) is 0 Å². The second-order valence-corrected chi connectivity index (χ2v) is 5.43. The van der Waals surface area contributed by atoms with Crippen molar-refractivity contribution in [3.05, 3.63) is 0 Å². The van der Waals surface area contributed by atoms with Gasteiger partial charge in [-0.2, -0.15) is 0 Å². The summed E-state index contributed by atoms with van der Waals surface area (Å²) in [5, 5.41) is 3.60. The van der Waals surface area contributed by atoms with Crippen LogP contribution in [-0.2, 0) is 9.47 Å². The minimum Gasteiger partial charge on any atom is -0.380 e. The molecule has 0 radical (unpaired) electrons. The molecular weight excluding hydrogens is 214 g/mol. The van der Waals surface area contributed by atoms with Gasteiger partial charge in [-0.1, -0.05) is 13.3 Å². The summed E-state index contributed by atoms with van der Waals surface area (Å²) in [6, 6.07) is 0.397. The molecule has 100 valence electrons. The van der Waals surface area contributed by atoms with Crippen LogP contribution in [0.1, 0.15) is 46.0 Å². The molecule has 1 atom stereocenters. The van der Waals surface area contributed by atoms with E-state index in [4.69, 9.17) is 9.47 Å². The quantitative estimate of drug-likeness (QED) is 0.819. The van der Waals surface area contributed by atoms with Gasteiger partial charge in [0.2, 0.25) is 0 Å². The second kappa shape index (κ2) is 6.17. The molecule has 17 heavy (non-hydrogen) atoms. The first-order valence-corrected chi connectivity index (χ1v) is 7.26. The van der Waals surface area contributed by atoms with Crippen molar-refractivity contribution in [3.8, 4) is 0 Å². The number of hydrogen-bond donors (Lipinski definition) is 1. The molecule has 2 aliphatic rings. The molecule has 0 aromatic rings. The highest BCUT2D eigenvalue weighted by Gasteiger charge is 2.44. The fraction of sp³-hybridized carbons (Fsp3) is 1.00. The first kappa shape index (κ1) is 13.3. The van der Waals surface area contributed by atoms with Crippen molar-refractivity contribution in [1.29, 1.82) is 0 Å². The van der Waals surface area contributed by atoms with E-state index in [1.165, 1.54) is 32.1 Å². The average Bonchev–Trinajstić information content (AvgIpc) is 2.39. The lowest BCUT2D eigenvalue weighted by atomic mass is 9.73. The summed E-state index contributed by atoms with van der Waals surface area (Å²) in [7, 11) is 0. The first-order chi connectivity index (χ1) is 8.30. The average molecular weight is 241 g/mol. The van der Waals surface area contributed by atoms with E-state index in [0.29, 0.717) is 6.04 Å². The van der Waals surface area contributed by atoms with Gasteiger partial charge in [0.25, 0.3) is 0 Å². The molecule has 1 aliphatic heterocycles. The summed E-state index contributed by atoms with van der Waals surface area (Å²) in [5.74, 6) is 0.916. The highest BCUT2D eigenvalue weighted by atomic mass is 16.5. The maximum atomic E-state index is 6.17. The summed E-state index contributed by atoms with van der Waals surface area (Å²) >= 11 is 0. The normalized spacial score (nSPS) is 38.5. The van der Waals surface area contributed by atoms with E-state index in [0.717, 1.165) is 32.3 Å². The summed E-state index contributed by atoms with van der Waals surface area (Å²) in [5.41, 5.74) is 0.0685. The number of rotatable bonds is 4. The number of ether oxygens (including phenoxy) is 2. The molecule has 1 unspecified atom stereocenters. The van der Waals surface area contributed by atoms with Crippen LogP contribution < -0.4 is 5.32 Å². The SMILES string of the molecule is CCOCC1NCCOC12CCC(CC)CC2. The monoisotopic (exact) mass is 241 g/mol. The summed E-state index contributed by atoms with van der Waals surface area (Å²) < 4.78 is 11.8. The van der Waals surface area contributed by atoms with Crippen molar-refractivity contribution < 1.29 is 9.47 Å². The van der Waals surface area contributed by atoms with E-state index in [2.05, 4.69) is 19.2 Å². The molecule has 1 aliphatic carbocycles. The Morgan fingerprint density at radius 1 is 1.29 bits per heavy atom. The van der Waals surface area contributed by atoms with Gasteiger partial charge in [0.1, 0.15) is 0 Å². The van der Waals surface area contributed by atoms with Crippen molar-refractivity contribution >= 4 is 0 Å². The van der Waals surface area contributed by atoms with E-state index in [1.54, 1.807) is 0 Å². The molecule has 3 nitrogen and oxygen atoms in total. The zero-order valence-corrected chi connectivity index (χ0v) is 11.3. The van der Waals surface area contributed by atoms with Crippen molar-refractivity contribution in [2.75, 3.05) is 26.4 Å². The molecule has 0 amide bonds. The Hall–Kier alpha value is -0.120. The van der Waals surface area contributed by atoms with Crippen LogP contribution in [0.4, 0.5) is 0 Å². The van der Waals surface area contributed by atoms with E-state index in [9.17, 15) is 0 Å². The second-order valence-electron chi connectivity index (χ2n) is 5.43. The number of morpholine rings is 1. The maximum absolute atomic E-state index is 6.17. The first-order valence-electron chi connectivity index (χ1n) is 7.26. The Balaban J connectivity index is 1.95. The van der Waals surface area contributed by atoms with Gasteiger partial charge >= 0.3 is 0 Å². The predicted octanol–water partition coefficient (Wildman–Crippen LogP) is 2.35. The Bertz CT molecular complexity index is 224. The van der Waals surface area contributed by atoms with Gasteiger partial charge in [0.15, 0.2) is 0 Å². The Morgan fingerprint density at radius 2 is 2.06 bits per heavy atom. The molecule has 2 fully saturated rings. The summed E-state index contributed by atoms with van der Waals surface area (Å²) in [4.78, 5) is 0. The number of nitrogens with one attached hydrogen (secondary N) is 1. The Labute approximate surface area is 105 Å². The molecule has 1 heterocycles. The molecular formula is C14H27NO2. The maximum Gasteiger partial charge on any atom is 0.0858 e. The zero-order chi connectivity index (χ0) is 12.1. The minimum absolute atomic E-state index is 0.0685. The minimum atomic E-state index is 0.0685. The van der Waals surface area contributed by atoms with E-state index < -0.39 is 0 Å². The molecule has 0 aromatic carbocycles. The van der Waals surface area contributed by atoms with Crippen molar-refractivity contribution in [2.24, 2.45) is 5.92 Å². The molecule has 1 spiro atoms. The molecule has 3 heteroatoms. The van der Waals surface area contributed by atoms with Gasteiger partial charge in [0, 0.05) is 13.2 Å².